The van der Waals surface area contributed by atoms with Crippen molar-refractivity contribution in [3.63, 3.8) is 0 Å². The van der Waals surface area contributed by atoms with Crippen LogP contribution in [0.5, 0.6) is 0 Å². The second-order valence-corrected chi connectivity index (χ2v) is 5.62. The fraction of sp³-hybridized carbons (Fsp3) is 0.533. The summed E-state index contributed by atoms with van der Waals surface area (Å²) >= 11 is 3.42. The average Bonchev–Trinajstić information content (AvgIpc) is 2.26. The first-order chi connectivity index (χ1) is 8.49. The second kappa shape index (κ2) is 6.93. The van der Waals surface area contributed by atoms with Crippen LogP contribution in [0, 0.1) is 20.8 Å². The third kappa shape index (κ3) is 3.84. The lowest BCUT2D eigenvalue weighted by Crippen LogP contribution is -2.35. The molecule has 1 aromatic carbocycles. The minimum absolute atomic E-state index is 0.0535. The van der Waals surface area contributed by atoms with Crippen molar-refractivity contribution in [3.8, 4) is 0 Å². The molecular weight excluding hydrogens is 290 g/mol. The maximum atomic E-state index is 12.3. The SMILES string of the molecule is CCC(CCBr)NC(=O)c1c(C)cc(C)cc1C. The molecular formula is C15H22BrNO. The van der Waals surface area contributed by atoms with E-state index in [0.29, 0.717) is 0 Å². The molecule has 0 fully saturated rings. The molecule has 0 aromatic heterocycles. The molecule has 18 heavy (non-hydrogen) atoms. The summed E-state index contributed by atoms with van der Waals surface area (Å²) in [6, 6.07) is 4.37. The molecule has 3 heteroatoms. The predicted octanol–water partition coefficient (Wildman–Crippen LogP) is 3.91. The Hall–Kier alpha value is -0.830. The summed E-state index contributed by atoms with van der Waals surface area (Å²) in [5, 5.41) is 4.03. The zero-order chi connectivity index (χ0) is 13.7. The molecule has 1 N–H and O–H groups in total. The van der Waals surface area contributed by atoms with Gasteiger partial charge in [0.15, 0.2) is 0 Å². The number of hydrogen-bond acceptors (Lipinski definition) is 1. The van der Waals surface area contributed by atoms with E-state index in [1.807, 2.05) is 13.8 Å². The summed E-state index contributed by atoms with van der Waals surface area (Å²) in [6.45, 7) is 8.16. The van der Waals surface area contributed by atoms with E-state index in [1.165, 1.54) is 5.56 Å². The van der Waals surface area contributed by atoms with Crippen LogP contribution in [0.15, 0.2) is 12.1 Å². The molecule has 0 aliphatic heterocycles. The normalized spacial score (nSPS) is 12.3. The highest BCUT2D eigenvalue weighted by molar-refractivity contribution is 9.09. The first kappa shape index (κ1) is 15.2. The largest absolute Gasteiger partial charge is 0.349 e. The topological polar surface area (TPSA) is 29.1 Å². The lowest BCUT2D eigenvalue weighted by atomic mass is 9.98. The van der Waals surface area contributed by atoms with Gasteiger partial charge in [-0.2, -0.15) is 0 Å². The third-order valence-corrected chi connectivity index (χ3v) is 3.65. The highest BCUT2D eigenvalue weighted by Gasteiger charge is 2.15. The number of benzene rings is 1. The second-order valence-electron chi connectivity index (χ2n) is 4.83. The Kier molecular flexibility index (Phi) is 5.86. The summed E-state index contributed by atoms with van der Waals surface area (Å²) in [5.74, 6) is 0.0535. The summed E-state index contributed by atoms with van der Waals surface area (Å²) in [7, 11) is 0. The Balaban J connectivity index is 2.90. The molecule has 2 nitrogen and oxygen atoms in total. The van der Waals surface area contributed by atoms with Gasteiger partial charge in [0.05, 0.1) is 0 Å². The number of carbonyl (C=O) groups excluding carboxylic acids is 1. The van der Waals surface area contributed by atoms with Gasteiger partial charge in [0.2, 0.25) is 0 Å². The molecule has 1 rings (SSSR count). The summed E-state index contributed by atoms with van der Waals surface area (Å²) in [4.78, 5) is 12.3. The van der Waals surface area contributed by atoms with Gasteiger partial charge in [0, 0.05) is 16.9 Å². The number of aryl methyl sites for hydroxylation is 3. The third-order valence-electron chi connectivity index (χ3n) is 3.19. The molecule has 0 aliphatic carbocycles. The molecule has 0 saturated carbocycles. The van der Waals surface area contributed by atoms with Crippen molar-refractivity contribution in [2.24, 2.45) is 0 Å². The van der Waals surface area contributed by atoms with Crippen molar-refractivity contribution < 1.29 is 4.79 Å². The zero-order valence-electron chi connectivity index (χ0n) is 11.6. The Morgan fingerprint density at radius 3 is 2.28 bits per heavy atom. The average molecular weight is 312 g/mol. The maximum Gasteiger partial charge on any atom is 0.252 e. The van der Waals surface area contributed by atoms with E-state index in [0.717, 1.165) is 34.9 Å². The highest BCUT2D eigenvalue weighted by Crippen LogP contribution is 2.16. The number of rotatable bonds is 5. The molecule has 0 aliphatic rings. The quantitative estimate of drug-likeness (QED) is 0.821. The number of amides is 1. The van der Waals surface area contributed by atoms with E-state index in [1.54, 1.807) is 0 Å². The van der Waals surface area contributed by atoms with Gasteiger partial charge in [-0.15, -0.1) is 0 Å². The van der Waals surface area contributed by atoms with E-state index in [9.17, 15) is 4.79 Å². The van der Waals surface area contributed by atoms with Crippen LogP contribution in [-0.2, 0) is 0 Å². The molecule has 1 atom stereocenters. The van der Waals surface area contributed by atoms with Crippen LogP contribution < -0.4 is 5.32 Å². The molecule has 0 bridgehead atoms. The first-order valence-corrected chi connectivity index (χ1v) is 7.56. The van der Waals surface area contributed by atoms with Crippen molar-refractivity contribution >= 4 is 21.8 Å². The molecule has 1 aromatic rings. The van der Waals surface area contributed by atoms with Gasteiger partial charge < -0.3 is 5.32 Å². The number of nitrogens with one attached hydrogen (secondary N) is 1. The van der Waals surface area contributed by atoms with E-state index in [-0.39, 0.29) is 11.9 Å². The number of hydrogen-bond donors (Lipinski definition) is 1. The van der Waals surface area contributed by atoms with Crippen molar-refractivity contribution in [1.29, 1.82) is 0 Å². The fourth-order valence-corrected chi connectivity index (χ4v) is 2.86. The summed E-state index contributed by atoms with van der Waals surface area (Å²) in [6.07, 6.45) is 1.92. The van der Waals surface area contributed by atoms with Crippen molar-refractivity contribution in [3.05, 3.63) is 34.4 Å². The maximum absolute atomic E-state index is 12.3. The Bertz CT molecular complexity index is 405. The molecule has 1 amide bonds. The Labute approximate surface area is 118 Å². The number of carbonyl (C=O) groups is 1. The monoisotopic (exact) mass is 311 g/mol. The van der Waals surface area contributed by atoms with E-state index in [2.05, 4.69) is 47.2 Å². The van der Waals surface area contributed by atoms with Gasteiger partial charge in [-0.1, -0.05) is 40.5 Å². The smallest absolute Gasteiger partial charge is 0.252 e. The van der Waals surface area contributed by atoms with Crippen molar-refractivity contribution in [2.45, 2.75) is 46.6 Å². The van der Waals surface area contributed by atoms with Crippen LogP contribution in [0.25, 0.3) is 0 Å². The lowest BCUT2D eigenvalue weighted by molar-refractivity contribution is 0.0934. The standard InChI is InChI=1S/C15H22BrNO/c1-5-13(6-7-16)17-15(18)14-11(3)8-10(2)9-12(14)4/h8-9,13H,5-7H2,1-4H3,(H,17,18). The van der Waals surface area contributed by atoms with Crippen molar-refractivity contribution in [2.75, 3.05) is 5.33 Å². The number of halogens is 1. The van der Waals surface area contributed by atoms with Crippen LogP contribution in [-0.4, -0.2) is 17.3 Å². The lowest BCUT2D eigenvalue weighted by Gasteiger charge is -2.18. The zero-order valence-corrected chi connectivity index (χ0v) is 13.2. The van der Waals surface area contributed by atoms with E-state index < -0.39 is 0 Å². The predicted molar refractivity (Wildman–Crippen MR) is 80.6 cm³/mol. The van der Waals surface area contributed by atoms with Crippen molar-refractivity contribution in [1.82, 2.24) is 5.32 Å². The first-order valence-electron chi connectivity index (χ1n) is 6.44. The molecule has 0 radical (unpaired) electrons. The van der Waals surface area contributed by atoms with Gasteiger partial charge in [-0.25, -0.2) is 0 Å². The Morgan fingerprint density at radius 2 is 1.83 bits per heavy atom. The Morgan fingerprint density at radius 1 is 1.28 bits per heavy atom. The summed E-state index contributed by atoms with van der Waals surface area (Å²) in [5.41, 5.74) is 4.14. The van der Waals surface area contributed by atoms with Gasteiger partial charge in [0.25, 0.3) is 5.91 Å². The van der Waals surface area contributed by atoms with Crippen LogP contribution in [0.2, 0.25) is 0 Å². The van der Waals surface area contributed by atoms with Gasteiger partial charge >= 0.3 is 0 Å². The van der Waals surface area contributed by atoms with Gasteiger partial charge in [-0.05, 0) is 44.7 Å². The van der Waals surface area contributed by atoms with Crippen LogP contribution in [0.1, 0.15) is 46.8 Å². The van der Waals surface area contributed by atoms with Crippen LogP contribution in [0.3, 0.4) is 0 Å². The van der Waals surface area contributed by atoms with Gasteiger partial charge in [-0.3, -0.25) is 4.79 Å². The van der Waals surface area contributed by atoms with Gasteiger partial charge in [0.1, 0.15) is 0 Å². The summed E-state index contributed by atoms with van der Waals surface area (Å²) < 4.78 is 0. The fourth-order valence-electron chi connectivity index (χ4n) is 2.31. The molecule has 0 heterocycles. The molecule has 0 spiro atoms. The van der Waals surface area contributed by atoms with Crippen LogP contribution in [0.4, 0.5) is 0 Å². The molecule has 1 unspecified atom stereocenters. The minimum Gasteiger partial charge on any atom is -0.349 e. The highest BCUT2D eigenvalue weighted by atomic mass is 79.9. The molecule has 0 saturated heterocycles. The minimum atomic E-state index is 0.0535. The molecule has 100 valence electrons. The number of alkyl halides is 1. The van der Waals surface area contributed by atoms with E-state index >= 15 is 0 Å². The van der Waals surface area contributed by atoms with Crippen LogP contribution >= 0.6 is 15.9 Å². The van der Waals surface area contributed by atoms with E-state index in [4.69, 9.17) is 0 Å².